The van der Waals surface area contributed by atoms with Gasteiger partial charge in [-0.2, -0.15) is 10.2 Å². The number of hydrogen-bond donors (Lipinski definition) is 1. The van der Waals surface area contributed by atoms with Crippen molar-refractivity contribution in [1.82, 2.24) is 19.6 Å². The number of hydrogen-bond acceptors (Lipinski definition) is 8. The number of carbonyl (C=O) groups is 3. The lowest BCUT2D eigenvalue weighted by atomic mass is 10.1. The van der Waals surface area contributed by atoms with Crippen molar-refractivity contribution in [3.05, 3.63) is 52.4 Å². The standard InChI is InChI=1S/C20H23N5O5S/c1-4-11-30-19(27)15-13(3)16(20(28)29-5-2)31-18(15)22-17(26)14-7-10-25(23-14)12-24-9-6-8-21-24/h6-10H,4-5,11-12H2,1-3H3,(H,22,26). The third-order valence-electron chi connectivity index (χ3n) is 4.20. The number of esters is 2. The first-order valence-corrected chi connectivity index (χ1v) is 10.6. The molecule has 0 aliphatic carbocycles. The van der Waals surface area contributed by atoms with E-state index in [-0.39, 0.29) is 34.3 Å². The largest absolute Gasteiger partial charge is 0.462 e. The van der Waals surface area contributed by atoms with Gasteiger partial charge in [0.15, 0.2) is 5.69 Å². The monoisotopic (exact) mass is 445 g/mol. The lowest BCUT2D eigenvalue weighted by Gasteiger charge is -2.07. The summed E-state index contributed by atoms with van der Waals surface area (Å²) >= 11 is 0.974. The molecule has 31 heavy (non-hydrogen) atoms. The average Bonchev–Trinajstić information content (AvgIpc) is 3.48. The Morgan fingerprint density at radius 2 is 1.94 bits per heavy atom. The molecule has 3 aromatic heterocycles. The molecule has 1 amide bonds. The van der Waals surface area contributed by atoms with Crippen molar-refractivity contribution in [3.8, 4) is 0 Å². The van der Waals surface area contributed by atoms with E-state index in [1.807, 2.05) is 6.92 Å². The van der Waals surface area contributed by atoms with Crippen LogP contribution in [-0.2, 0) is 16.1 Å². The van der Waals surface area contributed by atoms with E-state index in [1.165, 1.54) is 0 Å². The number of nitrogens with one attached hydrogen (secondary N) is 1. The highest BCUT2D eigenvalue weighted by molar-refractivity contribution is 7.18. The fourth-order valence-electron chi connectivity index (χ4n) is 2.77. The molecule has 0 saturated carbocycles. The van der Waals surface area contributed by atoms with E-state index in [1.54, 1.807) is 53.9 Å². The summed E-state index contributed by atoms with van der Waals surface area (Å²) in [5.74, 6) is -1.68. The van der Waals surface area contributed by atoms with Crippen LogP contribution in [0, 0.1) is 6.92 Å². The Kier molecular flexibility index (Phi) is 7.19. The minimum atomic E-state index is -0.606. The van der Waals surface area contributed by atoms with Gasteiger partial charge >= 0.3 is 11.9 Å². The number of nitrogens with zero attached hydrogens (tertiary/aromatic N) is 4. The van der Waals surface area contributed by atoms with E-state index in [0.717, 1.165) is 11.3 Å². The third-order valence-corrected chi connectivity index (χ3v) is 5.39. The summed E-state index contributed by atoms with van der Waals surface area (Å²) in [6.07, 6.45) is 5.73. The zero-order chi connectivity index (χ0) is 22.4. The molecule has 164 valence electrons. The van der Waals surface area contributed by atoms with Crippen LogP contribution in [0.5, 0.6) is 0 Å². The number of thiophene rings is 1. The van der Waals surface area contributed by atoms with Crippen LogP contribution in [-0.4, -0.2) is 50.6 Å². The molecule has 0 aromatic carbocycles. The van der Waals surface area contributed by atoms with Gasteiger partial charge in [-0.25, -0.2) is 9.59 Å². The van der Waals surface area contributed by atoms with E-state index < -0.39 is 17.8 Å². The quantitative estimate of drug-likeness (QED) is 0.503. The van der Waals surface area contributed by atoms with E-state index in [9.17, 15) is 14.4 Å². The smallest absolute Gasteiger partial charge is 0.348 e. The highest BCUT2D eigenvalue weighted by atomic mass is 32.1. The van der Waals surface area contributed by atoms with E-state index in [4.69, 9.17) is 9.47 Å². The summed E-state index contributed by atoms with van der Waals surface area (Å²) in [6.45, 7) is 5.97. The van der Waals surface area contributed by atoms with Crippen molar-refractivity contribution in [2.75, 3.05) is 18.5 Å². The molecule has 1 N–H and O–H groups in total. The third kappa shape index (κ3) is 5.18. The molecule has 10 nitrogen and oxygen atoms in total. The van der Waals surface area contributed by atoms with Gasteiger partial charge in [0.2, 0.25) is 0 Å². The molecule has 0 atom stereocenters. The molecule has 0 unspecified atom stereocenters. The zero-order valence-electron chi connectivity index (χ0n) is 17.5. The van der Waals surface area contributed by atoms with Crippen molar-refractivity contribution < 1.29 is 23.9 Å². The maximum absolute atomic E-state index is 12.8. The Hall–Kier alpha value is -3.47. The van der Waals surface area contributed by atoms with Gasteiger partial charge in [0.05, 0.1) is 18.8 Å². The minimum Gasteiger partial charge on any atom is -0.462 e. The molecule has 0 fully saturated rings. The summed E-state index contributed by atoms with van der Waals surface area (Å²) in [6, 6.07) is 3.34. The predicted octanol–water partition coefficient (Wildman–Crippen LogP) is 2.95. The Labute approximate surface area is 182 Å². The van der Waals surface area contributed by atoms with Crippen molar-refractivity contribution in [2.24, 2.45) is 0 Å². The summed E-state index contributed by atoms with van der Waals surface area (Å²) in [5, 5.41) is 11.2. The van der Waals surface area contributed by atoms with Crippen LogP contribution in [0.3, 0.4) is 0 Å². The second-order valence-corrected chi connectivity index (χ2v) is 7.52. The number of aromatic nitrogens is 4. The number of amides is 1. The number of ether oxygens (including phenoxy) is 2. The predicted molar refractivity (Wildman–Crippen MR) is 113 cm³/mol. The lowest BCUT2D eigenvalue weighted by Crippen LogP contribution is -2.16. The molecule has 0 bridgehead atoms. The Balaban J connectivity index is 1.84. The summed E-state index contributed by atoms with van der Waals surface area (Å²) in [7, 11) is 0. The molecule has 0 saturated heterocycles. The molecule has 3 aromatic rings. The van der Waals surface area contributed by atoms with Crippen molar-refractivity contribution in [2.45, 2.75) is 33.9 Å². The van der Waals surface area contributed by atoms with Crippen molar-refractivity contribution in [3.63, 3.8) is 0 Å². The molecule has 0 radical (unpaired) electrons. The van der Waals surface area contributed by atoms with Crippen LogP contribution >= 0.6 is 11.3 Å². The first kappa shape index (κ1) is 22.2. The minimum absolute atomic E-state index is 0.144. The van der Waals surface area contributed by atoms with Crippen LogP contribution < -0.4 is 5.32 Å². The maximum atomic E-state index is 12.8. The van der Waals surface area contributed by atoms with E-state index in [2.05, 4.69) is 15.5 Å². The first-order valence-electron chi connectivity index (χ1n) is 9.74. The number of carbonyl (C=O) groups excluding carboxylic acids is 3. The molecular weight excluding hydrogens is 422 g/mol. The molecule has 3 rings (SSSR count). The van der Waals surface area contributed by atoms with E-state index in [0.29, 0.717) is 18.7 Å². The normalized spacial score (nSPS) is 10.7. The highest BCUT2D eigenvalue weighted by Crippen LogP contribution is 2.34. The van der Waals surface area contributed by atoms with Gasteiger partial charge in [0.25, 0.3) is 5.91 Å². The number of rotatable bonds is 9. The summed E-state index contributed by atoms with van der Waals surface area (Å²) in [4.78, 5) is 37.9. The molecule has 11 heteroatoms. The SMILES string of the molecule is CCCOC(=O)c1c(NC(=O)c2ccn(Cn3cccn3)n2)sc(C(=O)OCC)c1C. The molecule has 0 aliphatic rings. The van der Waals surface area contributed by atoms with Crippen LogP contribution in [0.4, 0.5) is 5.00 Å². The van der Waals surface area contributed by atoms with Gasteiger partial charge in [0, 0.05) is 18.6 Å². The lowest BCUT2D eigenvalue weighted by molar-refractivity contribution is 0.0506. The fourth-order valence-corrected chi connectivity index (χ4v) is 3.85. The molecule has 3 heterocycles. The Morgan fingerprint density at radius 1 is 1.13 bits per heavy atom. The van der Waals surface area contributed by atoms with Crippen molar-refractivity contribution >= 4 is 34.2 Å². The summed E-state index contributed by atoms with van der Waals surface area (Å²) in [5.41, 5.74) is 0.707. The van der Waals surface area contributed by atoms with Crippen LogP contribution in [0.2, 0.25) is 0 Å². The van der Waals surface area contributed by atoms with Crippen LogP contribution in [0.15, 0.2) is 30.7 Å². The Bertz CT molecular complexity index is 1070. The van der Waals surface area contributed by atoms with Crippen LogP contribution in [0.1, 0.15) is 56.3 Å². The zero-order valence-corrected chi connectivity index (χ0v) is 18.3. The van der Waals surface area contributed by atoms with Gasteiger partial charge < -0.3 is 14.8 Å². The second kappa shape index (κ2) is 10.0. The Morgan fingerprint density at radius 3 is 2.61 bits per heavy atom. The van der Waals surface area contributed by atoms with Gasteiger partial charge in [-0.3, -0.25) is 14.2 Å². The molecular formula is C20H23N5O5S. The topological polar surface area (TPSA) is 117 Å². The molecule has 0 spiro atoms. The summed E-state index contributed by atoms with van der Waals surface area (Å²) < 4.78 is 13.5. The fraction of sp³-hybridized carbons (Fsp3) is 0.350. The first-order chi connectivity index (χ1) is 14.9. The van der Waals surface area contributed by atoms with Gasteiger partial charge in [-0.1, -0.05) is 6.92 Å². The van der Waals surface area contributed by atoms with Crippen LogP contribution in [0.25, 0.3) is 0 Å². The second-order valence-electron chi connectivity index (χ2n) is 6.50. The van der Waals surface area contributed by atoms with Gasteiger partial charge in [0.1, 0.15) is 16.5 Å². The van der Waals surface area contributed by atoms with Gasteiger partial charge in [-0.15, -0.1) is 11.3 Å². The number of anilines is 1. The van der Waals surface area contributed by atoms with Crippen molar-refractivity contribution in [1.29, 1.82) is 0 Å². The average molecular weight is 446 g/mol. The van der Waals surface area contributed by atoms with E-state index >= 15 is 0 Å². The van der Waals surface area contributed by atoms with Gasteiger partial charge in [-0.05, 0) is 38.0 Å². The molecule has 0 aliphatic heterocycles. The highest BCUT2D eigenvalue weighted by Gasteiger charge is 2.28. The maximum Gasteiger partial charge on any atom is 0.348 e.